The Hall–Kier alpha value is -0.780. The Morgan fingerprint density at radius 3 is 2.50 bits per heavy atom. The molecule has 0 radical (unpaired) electrons. The second-order valence-electron chi connectivity index (χ2n) is 4.12. The summed E-state index contributed by atoms with van der Waals surface area (Å²) in [6.45, 7) is 10.4. The fourth-order valence-corrected chi connectivity index (χ4v) is 1.47. The molecule has 0 saturated heterocycles. The van der Waals surface area contributed by atoms with Crippen LogP contribution in [-0.4, -0.2) is 0 Å². The highest BCUT2D eigenvalue weighted by Crippen LogP contribution is 2.13. The van der Waals surface area contributed by atoms with Crippen molar-refractivity contribution in [2.75, 3.05) is 0 Å². The molecule has 0 atom stereocenters. The van der Waals surface area contributed by atoms with Gasteiger partial charge in [0.05, 0.1) is 0 Å². The van der Waals surface area contributed by atoms with Crippen molar-refractivity contribution < 1.29 is 0 Å². The van der Waals surface area contributed by atoms with Gasteiger partial charge < -0.3 is 0 Å². The lowest BCUT2D eigenvalue weighted by molar-refractivity contribution is 0.538. The van der Waals surface area contributed by atoms with E-state index in [1.807, 2.05) is 6.08 Å². The van der Waals surface area contributed by atoms with E-state index in [2.05, 4.69) is 45.6 Å². The Bertz CT molecular complexity index is 194. The van der Waals surface area contributed by atoms with E-state index in [1.54, 1.807) is 0 Å². The van der Waals surface area contributed by atoms with Crippen LogP contribution in [-0.2, 0) is 0 Å². The first-order valence-electron chi connectivity index (χ1n) is 5.65. The molecule has 0 unspecified atom stereocenters. The van der Waals surface area contributed by atoms with Gasteiger partial charge in [0, 0.05) is 0 Å². The highest BCUT2D eigenvalue weighted by atomic mass is 14.0. The zero-order valence-corrected chi connectivity index (χ0v) is 9.92. The van der Waals surface area contributed by atoms with Gasteiger partial charge in [-0.1, -0.05) is 57.6 Å². The summed E-state index contributed by atoms with van der Waals surface area (Å²) < 4.78 is 0. The third kappa shape index (κ3) is 7.85. The predicted octanol–water partition coefficient (Wildman–Crippen LogP) is 4.89. The molecular formula is C14H24. The highest BCUT2D eigenvalue weighted by Gasteiger charge is 1.95. The first kappa shape index (κ1) is 13.2. The van der Waals surface area contributed by atoms with Crippen LogP contribution in [0.5, 0.6) is 0 Å². The Kier molecular flexibility index (Phi) is 8.31. The zero-order chi connectivity index (χ0) is 10.8. The van der Waals surface area contributed by atoms with Gasteiger partial charge in [0.25, 0.3) is 0 Å². The third-order valence-electron chi connectivity index (χ3n) is 2.21. The minimum Gasteiger partial charge on any atom is -0.0991 e. The van der Waals surface area contributed by atoms with Gasteiger partial charge in [-0.15, -0.1) is 0 Å². The number of hydrogen-bond donors (Lipinski definition) is 0. The van der Waals surface area contributed by atoms with Crippen LogP contribution < -0.4 is 0 Å². The second kappa shape index (κ2) is 8.80. The second-order valence-corrected chi connectivity index (χ2v) is 4.12. The standard InChI is InChI=1S/C14H24/c1-5-9-14(10-6-2)12-8-7-11-13(3)4/h5-6,9-10,13H,1,7-8,11-12H2,2-4H3/b10-6-,14-9+. The molecule has 0 spiro atoms. The molecule has 0 aliphatic rings. The van der Waals surface area contributed by atoms with Crippen LogP contribution in [0.2, 0.25) is 0 Å². The Labute approximate surface area is 89.4 Å². The smallest absolute Gasteiger partial charge is 0.0279 e. The van der Waals surface area contributed by atoms with Crippen molar-refractivity contribution in [2.45, 2.75) is 46.5 Å². The summed E-state index contributed by atoms with van der Waals surface area (Å²) in [5.41, 5.74) is 1.39. The summed E-state index contributed by atoms with van der Waals surface area (Å²) in [6, 6.07) is 0. The van der Waals surface area contributed by atoms with Crippen LogP contribution >= 0.6 is 0 Å². The summed E-state index contributed by atoms with van der Waals surface area (Å²) in [5.74, 6) is 0.837. The van der Waals surface area contributed by atoms with Gasteiger partial charge in [0.1, 0.15) is 0 Å². The van der Waals surface area contributed by atoms with E-state index in [-0.39, 0.29) is 0 Å². The molecule has 0 aromatic heterocycles. The molecule has 0 aliphatic heterocycles. The molecule has 0 fully saturated rings. The maximum Gasteiger partial charge on any atom is -0.0279 e. The van der Waals surface area contributed by atoms with Crippen LogP contribution in [0.1, 0.15) is 46.5 Å². The molecule has 14 heavy (non-hydrogen) atoms. The number of unbranched alkanes of at least 4 members (excludes halogenated alkanes) is 1. The number of hydrogen-bond acceptors (Lipinski definition) is 0. The molecule has 0 rings (SSSR count). The van der Waals surface area contributed by atoms with Gasteiger partial charge in [-0.3, -0.25) is 0 Å². The average Bonchev–Trinajstić information content (AvgIpc) is 2.12. The summed E-state index contributed by atoms with van der Waals surface area (Å²) in [6.07, 6.45) is 13.4. The zero-order valence-electron chi connectivity index (χ0n) is 9.92. The minimum atomic E-state index is 0.837. The van der Waals surface area contributed by atoms with Gasteiger partial charge in [-0.05, 0) is 31.3 Å². The van der Waals surface area contributed by atoms with Crippen molar-refractivity contribution in [3.05, 3.63) is 36.5 Å². The van der Waals surface area contributed by atoms with Crippen LogP contribution in [0.25, 0.3) is 0 Å². The first-order chi connectivity index (χ1) is 6.70. The van der Waals surface area contributed by atoms with E-state index >= 15 is 0 Å². The highest BCUT2D eigenvalue weighted by molar-refractivity contribution is 5.22. The number of rotatable bonds is 7. The van der Waals surface area contributed by atoms with Crippen LogP contribution in [0.4, 0.5) is 0 Å². The van der Waals surface area contributed by atoms with Crippen molar-refractivity contribution in [1.29, 1.82) is 0 Å². The van der Waals surface area contributed by atoms with Gasteiger partial charge in [-0.25, -0.2) is 0 Å². The van der Waals surface area contributed by atoms with Crippen molar-refractivity contribution in [2.24, 2.45) is 5.92 Å². The summed E-state index contributed by atoms with van der Waals surface area (Å²) in [5, 5.41) is 0. The van der Waals surface area contributed by atoms with Gasteiger partial charge in [0.2, 0.25) is 0 Å². The fourth-order valence-electron chi connectivity index (χ4n) is 1.47. The normalized spacial score (nSPS) is 12.7. The van der Waals surface area contributed by atoms with Crippen molar-refractivity contribution in [1.82, 2.24) is 0 Å². The number of allylic oxidation sites excluding steroid dienone is 5. The van der Waals surface area contributed by atoms with Gasteiger partial charge in [-0.2, -0.15) is 0 Å². The molecular weight excluding hydrogens is 168 g/mol. The molecule has 0 aromatic carbocycles. The van der Waals surface area contributed by atoms with Crippen molar-refractivity contribution >= 4 is 0 Å². The monoisotopic (exact) mass is 192 g/mol. The predicted molar refractivity (Wildman–Crippen MR) is 66.4 cm³/mol. The Morgan fingerprint density at radius 1 is 1.29 bits per heavy atom. The maximum absolute atomic E-state index is 3.73. The summed E-state index contributed by atoms with van der Waals surface area (Å²) >= 11 is 0. The van der Waals surface area contributed by atoms with Gasteiger partial charge in [0.15, 0.2) is 0 Å². The molecule has 0 nitrogen and oxygen atoms in total. The molecule has 80 valence electrons. The van der Waals surface area contributed by atoms with Crippen molar-refractivity contribution in [3.63, 3.8) is 0 Å². The van der Waals surface area contributed by atoms with Crippen molar-refractivity contribution in [3.8, 4) is 0 Å². The average molecular weight is 192 g/mol. The van der Waals surface area contributed by atoms with E-state index in [1.165, 1.54) is 31.3 Å². The molecule has 0 heteroatoms. The summed E-state index contributed by atoms with van der Waals surface area (Å²) in [4.78, 5) is 0. The lowest BCUT2D eigenvalue weighted by atomic mass is 10.0. The van der Waals surface area contributed by atoms with E-state index in [4.69, 9.17) is 0 Å². The Morgan fingerprint density at radius 2 is 2.00 bits per heavy atom. The first-order valence-corrected chi connectivity index (χ1v) is 5.65. The van der Waals surface area contributed by atoms with Crippen LogP contribution in [0.15, 0.2) is 36.5 Å². The van der Waals surface area contributed by atoms with Gasteiger partial charge >= 0.3 is 0 Å². The molecule has 0 saturated carbocycles. The molecule has 0 heterocycles. The van der Waals surface area contributed by atoms with Crippen LogP contribution in [0.3, 0.4) is 0 Å². The molecule has 0 aromatic rings. The molecule has 0 bridgehead atoms. The molecule has 0 aliphatic carbocycles. The quantitative estimate of drug-likeness (QED) is 0.398. The largest absolute Gasteiger partial charge is 0.0991 e. The van der Waals surface area contributed by atoms with E-state index in [0.29, 0.717) is 0 Å². The topological polar surface area (TPSA) is 0 Å². The third-order valence-corrected chi connectivity index (χ3v) is 2.21. The van der Waals surface area contributed by atoms with E-state index in [0.717, 1.165) is 5.92 Å². The molecule has 0 N–H and O–H groups in total. The Balaban J connectivity index is 3.72. The lowest BCUT2D eigenvalue weighted by Gasteiger charge is -2.04. The van der Waals surface area contributed by atoms with E-state index < -0.39 is 0 Å². The SMILES string of the molecule is C=C/C=C(\C=C/C)CCCCC(C)C. The molecule has 0 amide bonds. The minimum absolute atomic E-state index is 0.837. The maximum atomic E-state index is 3.73. The van der Waals surface area contributed by atoms with Crippen LogP contribution in [0, 0.1) is 5.92 Å². The summed E-state index contributed by atoms with van der Waals surface area (Å²) in [7, 11) is 0. The fraction of sp³-hybridized carbons (Fsp3) is 0.571. The lowest BCUT2D eigenvalue weighted by Crippen LogP contribution is -1.87. The van der Waals surface area contributed by atoms with E-state index in [9.17, 15) is 0 Å².